The van der Waals surface area contributed by atoms with Crippen molar-refractivity contribution in [1.82, 2.24) is 20.3 Å². The average Bonchev–Trinajstić information content (AvgIpc) is 2.92. The van der Waals surface area contributed by atoms with E-state index in [0.29, 0.717) is 11.1 Å². The van der Waals surface area contributed by atoms with E-state index in [0.717, 1.165) is 42.8 Å². The fourth-order valence-corrected chi connectivity index (χ4v) is 3.37. The van der Waals surface area contributed by atoms with E-state index in [-0.39, 0.29) is 12.1 Å². The minimum atomic E-state index is -0.129. The van der Waals surface area contributed by atoms with Crippen molar-refractivity contribution in [1.29, 1.82) is 0 Å². The minimum Gasteiger partial charge on any atom is -0.393 e. The average molecular weight is 335 g/mol. The van der Waals surface area contributed by atoms with Gasteiger partial charge < -0.3 is 10.4 Å². The highest BCUT2D eigenvalue weighted by Gasteiger charge is 2.23. The molecule has 2 aromatic rings. The number of aromatic nitrogens is 3. The Bertz CT molecular complexity index is 647. The van der Waals surface area contributed by atoms with Crippen LogP contribution < -0.4 is 5.32 Å². The predicted molar refractivity (Wildman–Crippen MR) is 90.9 cm³/mol. The molecule has 124 valence electrons. The quantitative estimate of drug-likeness (QED) is 0.901. The van der Waals surface area contributed by atoms with E-state index in [9.17, 15) is 5.11 Å². The summed E-state index contributed by atoms with van der Waals surface area (Å²) in [6.07, 6.45) is 3.64. The number of hydrogen-bond acceptors (Lipinski definition) is 4. The third-order valence-electron chi connectivity index (χ3n) is 4.59. The van der Waals surface area contributed by atoms with Crippen LogP contribution >= 0.6 is 11.6 Å². The summed E-state index contributed by atoms with van der Waals surface area (Å²) in [5, 5.41) is 22.6. The summed E-state index contributed by atoms with van der Waals surface area (Å²) >= 11 is 5.94. The van der Waals surface area contributed by atoms with Gasteiger partial charge in [-0.2, -0.15) is 0 Å². The van der Waals surface area contributed by atoms with E-state index in [1.165, 1.54) is 0 Å². The van der Waals surface area contributed by atoms with Gasteiger partial charge in [0.25, 0.3) is 0 Å². The first-order valence-electron chi connectivity index (χ1n) is 8.17. The first kappa shape index (κ1) is 16.4. The van der Waals surface area contributed by atoms with Crippen LogP contribution in [-0.2, 0) is 0 Å². The third-order valence-corrected chi connectivity index (χ3v) is 4.85. The molecule has 0 spiro atoms. The molecule has 3 rings (SSSR count). The molecule has 1 unspecified atom stereocenters. The topological polar surface area (TPSA) is 63.0 Å². The maximum atomic E-state index is 9.61. The van der Waals surface area contributed by atoms with Crippen molar-refractivity contribution in [2.24, 2.45) is 0 Å². The van der Waals surface area contributed by atoms with Gasteiger partial charge in [0.15, 0.2) is 0 Å². The van der Waals surface area contributed by atoms with Crippen LogP contribution in [-0.4, -0.2) is 32.2 Å². The summed E-state index contributed by atoms with van der Waals surface area (Å²) < 4.78 is 1.84. The molecule has 1 saturated carbocycles. The van der Waals surface area contributed by atoms with Crippen LogP contribution in [0.15, 0.2) is 24.3 Å². The van der Waals surface area contributed by atoms with Gasteiger partial charge in [-0.3, -0.25) is 0 Å². The number of nitrogens with one attached hydrogen (secondary N) is 1. The Kier molecular flexibility index (Phi) is 4.99. The molecule has 1 aliphatic rings. The summed E-state index contributed by atoms with van der Waals surface area (Å²) in [5.41, 5.74) is 2.95. The van der Waals surface area contributed by atoms with Gasteiger partial charge in [-0.1, -0.05) is 16.8 Å². The first-order valence-corrected chi connectivity index (χ1v) is 8.54. The lowest BCUT2D eigenvalue weighted by atomic mass is 9.92. The van der Waals surface area contributed by atoms with Gasteiger partial charge in [0, 0.05) is 11.1 Å². The van der Waals surface area contributed by atoms with Gasteiger partial charge in [-0.05, 0) is 63.8 Å². The van der Waals surface area contributed by atoms with Crippen molar-refractivity contribution in [3.63, 3.8) is 0 Å². The largest absolute Gasteiger partial charge is 0.393 e. The second-order valence-corrected chi connectivity index (χ2v) is 6.78. The Labute approximate surface area is 141 Å². The Morgan fingerprint density at radius 3 is 2.52 bits per heavy atom. The van der Waals surface area contributed by atoms with Gasteiger partial charge >= 0.3 is 0 Å². The maximum absolute atomic E-state index is 9.61. The van der Waals surface area contributed by atoms with Gasteiger partial charge in [-0.25, -0.2) is 4.68 Å². The summed E-state index contributed by atoms with van der Waals surface area (Å²) in [7, 11) is 0. The van der Waals surface area contributed by atoms with E-state index in [4.69, 9.17) is 11.6 Å². The second kappa shape index (κ2) is 6.99. The van der Waals surface area contributed by atoms with Crippen LogP contribution in [0.2, 0.25) is 5.02 Å². The van der Waals surface area contributed by atoms with Crippen molar-refractivity contribution in [2.75, 3.05) is 0 Å². The van der Waals surface area contributed by atoms with Crippen LogP contribution in [0.25, 0.3) is 5.69 Å². The summed E-state index contributed by atoms with van der Waals surface area (Å²) in [6.45, 7) is 4.15. The monoisotopic (exact) mass is 334 g/mol. The normalized spacial score (nSPS) is 23.0. The molecule has 1 aromatic carbocycles. The fraction of sp³-hybridized carbons (Fsp3) is 0.529. The molecule has 23 heavy (non-hydrogen) atoms. The molecule has 2 N–H and O–H groups in total. The van der Waals surface area contributed by atoms with Crippen molar-refractivity contribution >= 4 is 11.6 Å². The number of halogens is 1. The Morgan fingerprint density at radius 2 is 1.87 bits per heavy atom. The molecular weight excluding hydrogens is 312 g/mol. The highest BCUT2D eigenvalue weighted by atomic mass is 35.5. The smallest absolute Gasteiger partial charge is 0.103 e. The molecule has 0 radical (unpaired) electrons. The van der Waals surface area contributed by atoms with Gasteiger partial charge in [0.2, 0.25) is 0 Å². The number of benzene rings is 1. The molecule has 0 aliphatic heterocycles. The number of aliphatic hydroxyl groups excluding tert-OH is 1. The maximum Gasteiger partial charge on any atom is 0.103 e. The van der Waals surface area contributed by atoms with Gasteiger partial charge in [0.05, 0.1) is 23.5 Å². The summed E-state index contributed by atoms with van der Waals surface area (Å²) in [4.78, 5) is 0. The number of hydrogen-bond donors (Lipinski definition) is 2. The zero-order valence-electron chi connectivity index (χ0n) is 13.5. The van der Waals surface area contributed by atoms with Crippen molar-refractivity contribution in [3.8, 4) is 5.69 Å². The molecule has 0 saturated heterocycles. The fourth-order valence-electron chi connectivity index (χ4n) is 3.24. The molecule has 0 amide bonds. The van der Waals surface area contributed by atoms with Crippen molar-refractivity contribution < 1.29 is 5.11 Å². The molecule has 1 aliphatic carbocycles. The zero-order chi connectivity index (χ0) is 16.4. The van der Waals surface area contributed by atoms with Crippen LogP contribution in [0.4, 0.5) is 0 Å². The molecule has 6 heteroatoms. The minimum absolute atomic E-state index is 0.129. The van der Waals surface area contributed by atoms with E-state index in [1.54, 1.807) is 0 Å². The number of rotatable bonds is 4. The van der Waals surface area contributed by atoms with E-state index in [2.05, 4.69) is 22.6 Å². The molecule has 1 fully saturated rings. The Hall–Kier alpha value is -1.43. The number of nitrogens with zero attached hydrogens (tertiary/aromatic N) is 3. The van der Waals surface area contributed by atoms with E-state index < -0.39 is 0 Å². The van der Waals surface area contributed by atoms with Crippen LogP contribution in [0.1, 0.15) is 50.0 Å². The molecular formula is C17H23ClN4O. The van der Waals surface area contributed by atoms with Crippen LogP contribution in [0.3, 0.4) is 0 Å². The lowest BCUT2D eigenvalue weighted by molar-refractivity contribution is 0.114. The van der Waals surface area contributed by atoms with Crippen molar-refractivity contribution in [2.45, 2.75) is 57.7 Å². The molecule has 0 bridgehead atoms. The SMILES string of the molecule is Cc1c(C(C)NC2CCC(O)CC2)nnn1-c1ccc(Cl)cc1. The molecule has 1 atom stereocenters. The lowest BCUT2D eigenvalue weighted by Crippen LogP contribution is -2.36. The predicted octanol–water partition coefficient (Wildman–Crippen LogP) is 3.18. The highest BCUT2D eigenvalue weighted by molar-refractivity contribution is 6.30. The first-order chi connectivity index (χ1) is 11.0. The zero-order valence-corrected chi connectivity index (χ0v) is 14.3. The Morgan fingerprint density at radius 1 is 1.22 bits per heavy atom. The third kappa shape index (κ3) is 3.74. The van der Waals surface area contributed by atoms with E-state index in [1.807, 2.05) is 35.9 Å². The van der Waals surface area contributed by atoms with Crippen LogP contribution in [0.5, 0.6) is 0 Å². The lowest BCUT2D eigenvalue weighted by Gasteiger charge is -2.28. The summed E-state index contributed by atoms with van der Waals surface area (Å²) in [6, 6.07) is 8.16. The standard InChI is InChI=1S/C17H23ClN4O/c1-11(19-14-5-9-16(23)10-6-14)17-12(2)22(21-20-17)15-7-3-13(18)4-8-15/h3-4,7-8,11,14,16,19,23H,5-6,9-10H2,1-2H3. The van der Waals surface area contributed by atoms with Crippen molar-refractivity contribution in [3.05, 3.63) is 40.7 Å². The van der Waals surface area contributed by atoms with Crippen LogP contribution in [0, 0.1) is 6.92 Å². The molecule has 5 nitrogen and oxygen atoms in total. The van der Waals surface area contributed by atoms with Gasteiger partial charge in [-0.15, -0.1) is 5.10 Å². The highest BCUT2D eigenvalue weighted by Crippen LogP contribution is 2.23. The van der Waals surface area contributed by atoms with E-state index >= 15 is 0 Å². The molecule has 1 heterocycles. The Balaban J connectivity index is 1.72. The number of aliphatic hydroxyl groups is 1. The van der Waals surface area contributed by atoms with Gasteiger partial charge in [0.1, 0.15) is 5.69 Å². The summed E-state index contributed by atoms with van der Waals surface area (Å²) in [5.74, 6) is 0. The molecule has 1 aromatic heterocycles. The second-order valence-electron chi connectivity index (χ2n) is 6.34.